The number of aryl methyl sites for hydroxylation is 1. The Morgan fingerprint density at radius 1 is 1.35 bits per heavy atom. The summed E-state index contributed by atoms with van der Waals surface area (Å²) in [6, 6.07) is 9.68. The highest BCUT2D eigenvalue weighted by atomic mass is 16.5. The molecule has 5 nitrogen and oxygen atoms in total. The highest BCUT2D eigenvalue weighted by Crippen LogP contribution is 2.33. The zero-order chi connectivity index (χ0) is 16.4. The van der Waals surface area contributed by atoms with E-state index in [0.29, 0.717) is 5.92 Å². The molecule has 0 spiro atoms. The zero-order valence-electron chi connectivity index (χ0n) is 13.9. The maximum absolute atomic E-state index is 12.6. The van der Waals surface area contributed by atoms with Gasteiger partial charge in [-0.3, -0.25) is 0 Å². The van der Waals surface area contributed by atoms with E-state index in [1.165, 1.54) is 5.56 Å². The second kappa shape index (κ2) is 6.44. The number of aromatic nitrogens is 1. The summed E-state index contributed by atoms with van der Waals surface area (Å²) in [6.45, 7) is 6.93. The number of benzene rings is 1. The Morgan fingerprint density at radius 3 is 2.74 bits per heavy atom. The van der Waals surface area contributed by atoms with Crippen molar-refractivity contribution in [3.63, 3.8) is 0 Å². The molecule has 3 rings (SSSR count). The van der Waals surface area contributed by atoms with Gasteiger partial charge in [0.2, 0.25) is 0 Å². The van der Waals surface area contributed by atoms with Crippen LogP contribution in [-0.4, -0.2) is 22.6 Å². The predicted molar refractivity (Wildman–Crippen MR) is 89.5 cm³/mol. The predicted octanol–water partition coefficient (Wildman–Crippen LogP) is 4.48. The third-order valence-corrected chi connectivity index (χ3v) is 4.28. The van der Waals surface area contributed by atoms with Crippen molar-refractivity contribution in [3.05, 3.63) is 47.3 Å². The lowest BCUT2D eigenvalue weighted by molar-refractivity contribution is 0.195. The molecule has 0 unspecified atom stereocenters. The average molecular weight is 313 g/mol. The molecule has 23 heavy (non-hydrogen) atoms. The molecule has 2 aromatic rings. The lowest BCUT2D eigenvalue weighted by Crippen LogP contribution is -2.34. The molecule has 122 valence electrons. The number of urea groups is 1. The molecule has 1 aromatic carbocycles. The van der Waals surface area contributed by atoms with Gasteiger partial charge in [0.25, 0.3) is 0 Å². The van der Waals surface area contributed by atoms with Crippen LogP contribution in [0.5, 0.6) is 0 Å². The van der Waals surface area contributed by atoms with Crippen LogP contribution < -0.4 is 5.32 Å². The van der Waals surface area contributed by atoms with Crippen LogP contribution in [0.4, 0.5) is 10.5 Å². The Balaban J connectivity index is 1.72. The number of rotatable bonds is 3. The summed E-state index contributed by atoms with van der Waals surface area (Å²) in [6.07, 6.45) is 1.89. The minimum Gasteiger partial charge on any atom is -0.359 e. The van der Waals surface area contributed by atoms with Crippen molar-refractivity contribution >= 4 is 11.7 Å². The number of carbonyl (C=O) groups is 1. The van der Waals surface area contributed by atoms with Crippen molar-refractivity contribution in [2.75, 3.05) is 11.9 Å². The van der Waals surface area contributed by atoms with E-state index >= 15 is 0 Å². The first-order valence-corrected chi connectivity index (χ1v) is 8.15. The maximum Gasteiger partial charge on any atom is 0.322 e. The molecule has 1 atom stereocenters. The van der Waals surface area contributed by atoms with E-state index in [-0.39, 0.29) is 12.1 Å². The second-order valence-corrected chi connectivity index (χ2v) is 6.46. The largest absolute Gasteiger partial charge is 0.359 e. The van der Waals surface area contributed by atoms with Crippen molar-refractivity contribution < 1.29 is 9.32 Å². The molecule has 1 saturated heterocycles. The van der Waals surface area contributed by atoms with Gasteiger partial charge in [0.15, 0.2) is 5.76 Å². The molecule has 2 amide bonds. The Morgan fingerprint density at radius 2 is 2.09 bits per heavy atom. The first kappa shape index (κ1) is 15.6. The van der Waals surface area contributed by atoms with Crippen LogP contribution >= 0.6 is 0 Å². The van der Waals surface area contributed by atoms with Gasteiger partial charge in [-0.1, -0.05) is 36.7 Å². The molecule has 1 N–H and O–H groups in total. The molecule has 5 heteroatoms. The SMILES string of the molecule is Cc1ccc(NC(=O)N2CCC[C@@H]2c2cc(C(C)C)no2)cc1. The monoisotopic (exact) mass is 313 g/mol. The molecule has 1 fully saturated rings. The van der Waals surface area contributed by atoms with E-state index in [0.717, 1.165) is 36.5 Å². The highest BCUT2D eigenvalue weighted by Gasteiger charge is 2.33. The Bertz CT molecular complexity index is 676. The normalized spacial score (nSPS) is 17.7. The first-order valence-electron chi connectivity index (χ1n) is 8.15. The van der Waals surface area contributed by atoms with Gasteiger partial charge in [-0.15, -0.1) is 0 Å². The highest BCUT2D eigenvalue weighted by molar-refractivity contribution is 5.89. The summed E-state index contributed by atoms with van der Waals surface area (Å²) in [7, 11) is 0. The Labute approximate surface area is 136 Å². The number of hydrogen-bond donors (Lipinski definition) is 1. The van der Waals surface area contributed by atoms with Crippen molar-refractivity contribution in [2.45, 2.75) is 45.6 Å². The fourth-order valence-corrected chi connectivity index (χ4v) is 2.87. The number of nitrogens with zero attached hydrogens (tertiary/aromatic N) is 2. The van der Waals surface area contributed by atoms with Gasteiger partial charge in [0.1, 0.15) is 0 Å². The minimum atomic E-state index is -0.0844. The van der Waals surface area contributed by atoms with Gasteiger partial charge in [-0.05, 0) is 37.8 Å². The second-order valence-electron chi connectivity index (χ2n) is 6.46. The quantitative estimate of drug-likeness (QED) is 0.909. The van der Waals surface area contributed by atoms with Gasteiger partial charge in [0.05, 0.1) is 11.7 Å². The van der Waals surface area contributed by atoms with E-state index in [9.17, 15) is 4.79 Å². The molecule has 0 saturated carbocycles. The zero-order valence-corrected chi connectivity index (χ0v) is 13.9. The number of nitrogens with one attached hydrogen (secondary N) is 1. The number of carbonyl (C=O) groups excluding carboxylic acids is 1. The van der Waals surface area contributed by atoms with E-state index in [2.05, 4.69) is 24.3 Å². The lowest BCUT2D eigenvalue weighted by atomic mass is 10.1. The van der Waals surface area contributed by atoms with Gasteiger partial charge >= 0.3 is 6.03 Å². The Kier molecular flexibility index (Phi) is 4.37. The average Bonchev–Trinajstić information content (AvgIpc) is 3.17. The van der Waals surface area contributed by atoms with Gasteiger partial charge in [-0.2, -0.15) is 0 Å². The van der Waals surface area contributed by atoms with Crippen LogP contribution in [0, 0.1) is 6.92 Å². The molecule has 1 aromatic heterocycles. The van der Waals surface area contributed by atoms with Crippen LogP contribution in [0.2, 0.25) is 0 Å². The van der Waals surface area contributed by atoms with E-state index in [4.69, 9.17) is 4.52 Å². The standard InChI is InChI=1S/C18H23N3O2/c1-12(2)15-11-17(23-20-15)16-5-4-10-21(16)18(22)19-14-8-6-13(3)7-9-14/h6-9,11-12,16H,4-5,10H2,1-3H3,(H,19,22)/t16-/m1/s1. The topological polar surface area (TPSA) is 58.4 Å². The number of anilines is 1. The number of likely N-dealkylation sites (tertiary alicyclic amines) is 1. The van der Waals surface area contributed by atoms with E-state index in [1.54, 1.807) is 0 Å². The first-order chi connectivity index (χ1) is 11.0. The number of hydrogen-bond acceptors (Lipinski definition) is 3. The molecule has 1 aliphatic rings. The minimum absolute atomic E-state index is 0.0274. The third kappa shape index (κ3) is 3.38. The fraction of sp³-hybridized carbons (Fsp3) is 0.444. The summed E-state index contributed by atoms with van der Waals surface area (Å²) >= 11 is 0. The Hall–Kier alpha value is -2.30. The van der Waals surface area contributed by atoms with Crippen LogP contribution in [0.15, 0.2) is 34.9 Å². The fourth-order valence-electron chi connectivity index (χ4n) is 2.87. The molecule has 2 heterocycles. The molecule has 0 radical (unpaired) electrons. The van der Waals surface area contributed by atoms with Gasteiger partial charge < -0.3 is 14.7 Å². The van der Waals surface area contributed by atoms with Crippen molar-refractivity contribution in [2.24, 2.45) is 0 Å². The molecule has 0 bridgehead atoms. The third-order valence-electron chi connectivity index (χ3n) is 4.28. The summed E-state index contributed by atoms with van der Waals surface area (Å²) < 4.78 is 5.48. The summed E-state index contributed by atoms with van der Waals surface area (Å²) in [5, 5.41) is 7.08. The maximum atomic E-state index is 12.6. The number of amides is 2. The van der Waals surface area contributed by atoms with E-state index in [1.807, 2.05) is 42.2 Å². The van der Waals surface area contributed by atoms with Crippen molar-refractivity contribution in [1.29, 1.82) is 0 Å². The van der Waals surface area contributed by atoms with Crippen molar-refractivity contribution in [1.82, 2.24) is 10.1 Å². The molecular formula is C18H23N3O2. The lowest BCUT2D eigenvalue weighted by Gasteiger charge is -2.23. The van der Waals surface area contributed by atoms with E-state index < -0.39 is 0 Å². The van der Waals surface area contributed by atoms with Crippen LogP contribution in [-0.2, 0) is 0 Å². The van der Waals surface area contributed by atoms with Gasteiger partial charge in [0, 0.05) is 18.3 Å². The smallest absolute Gasteiger partial charge is 0.322 e. The molecule has 0 aliphatic carbocycles. The van der Waals surface area contributed by atoms with Gasteiger partial charge in [-0.25, -0.2) is 4.79 Å². The van der Waals surface area contributed by atoms with Crippen molar-refractivity contribution in [3.8, 4) is 0 Å². The molecular weight excluding hydrogens is 290 g/mol. The summed E-state index contributed by atoms with van der Waals surface area (Å²) in [5.74, 6) is 1.11. The summed E-state index contributed by atoms with van der Waals surface area (Å²) in [5.41, 5.74) is 2.92. The van der Waals surface area contributed by atoms with Crippen LogP contribution in [0.25, 0.3) is 0 Å². The molecule has 1 aliphatic heterocycles. The summed E-state index contributed by atoms with van der Waals surface area (Å²) in [4.78, 5) is 14.4. The van der Waals surface area contributed by atoms with Crippen LogP contribution in [0.3, 0.4) is 0 Å². The van der Waals surface area contributed by atoms with Crippen LogP contribution in [0.1, 0.15) is 55.7 Å².